The lowest BCUT2D eigenvalue weighted by molar-refractivity contribution is 0.267. The standard InChI is InChI=1S/C18H23NO/c1-5-14(4)20-18-11-10-15-8-6-7-9-16(15)17(18)12-19-13(2)3/h5-11,13-14,19H,1,12H2,2-4H3. The van der Waals surface area contributed by atoms with Crippen LogP contribution in [0.3, 0.4) is 0 Å². The predicted octanol–water partition coefficient (Wildman–Crippen LogP) is 4.29. The number of hydrogen-bond donors (Lipinski definition) is 1. The van der Waals surface area contributed by atoms with E-state index < -0.39 is 0 Å². The fourth-order valence-electron chi connectivity index (χ4n) is 2.16. The molecule has 0 amide bonds. The molecule has 2 aromatic rings. The van der Waals surface area contributed by atoms with Crippen molar-refractivity contribution in [3.63, 3.8) is 0 Å². The Hall–Kier alpha value is -1.80. The first-order valence-corrected chi connectivity index (χ1v) is 7.15. The second kappa shape index (κ2) is 6.58. The molecule has 0 fully saturated rings. The summed E-state index contributed by atoms with van der Waals surface area (Å²) in [5.74, 6) is 0.934. The molecule has 20 heavy (non-hydrogen) atoms. The van der Waals surface area contributed by atoms with Gasteiger partial charge in [-0.15, -0.1) is 0 Å². The molecule has 0 aliphatic carbocycles. The Bertz CT molecular complexity index is 589. The Morgan fingerprint density at radius 1 is 1.15 bits per heavy atom. The molecule has 106 valence electrons. The highest BCUT2D eigenvalue weighted by Gasteiger charge is 2.10. The predicted molar refractivity (Wildman–Crippen MR) is 86.2 cm³/mol. The van der Waals surface area contributed by atoms with Crippen molar-refractivity contribution in [2.75, 3.05) is 0 Å². The van der Waals surface area contributed by atoms with Crippen LogP contribution in [-0.2, 0) is 6.54 Å². The van der Waals surface area contributed by atoms with Crippen LogP contribution in [0.5, 0.6) is 5.75 Å². The molecule has 2 rings (SSSR count). The zero-order chi connectivity index (χ0) is 14.5. The van der Waals surface area contributed by atoms with E-state index >= 15 is 0 Å². The maximum absolute atomic E-state index is 5.98. The second-order valence-electron chi connectivity index (χ2n) is 5.36. The molecule has 0 aromatic heterocycles. The summed E-state index contributed by atoms with van der Waals surface area (Å²) in [7, 11) is 0. The molecule has 0 aliphatic rings. The molecule has 1 atom stereocenters. The van der Waals surface area contributed by atoms with Crippen LogP contribution in [0.15, 0.2) is 49.1 Å². The van der Waals surface area contributed by atoms with Gasteiger partial charge in [-0.2, -0.15) is 0 Å². The Morgan fingerprint density at radius 3 is 2.60 bits per heavy atom. The SMILES string of the molecule is C=CC(C)Oc1ccc2ccccc2c1CNC(C)C. The molecule has 0 heterocycles. The highest BCUT2D eigenvalue weighted by atomic mass is 16.5. The lowest BCUT2D eigenvalue weighted by Gasteiger charge is -2.18. The van der Waals surface area contributed by atoms with Gasteiger partial charge in [0.1, 0.15) is 11.9 Å². The normalized spacial score (nSPS) is 12.6. The topological polar surface area (TPSA) is 21.3 Å². The van der Waals surface area contributed by atoms with Crippen LogP contribution in [0.2, 0.25) is 0 Å². The number of fused-ring (bicyclic) bond motifs is 1. The Labute approximate surface area is 121 Å². The van der Waals surface area contributed by atoms with E-state index in [1.807, 2.05) is 13.0 Å². The number of nitrogens with one attached hydrogen (secondary N) is 1. The first-order chi connectivity index (χ1) is 9.61. The van der Waals surface area contributed by atoms with E-state index in [9.17, 15) is 0 Å². The van der Waals surface area contributed by atoms with Crippen LogP contribution >= 0.6 is 0 Å². The van der Waals surface area contributed by atoms with E-state index in [1.54, 1.807) is 0 Å². The van der Waals surface area contributed by atoms with Gasteiger partial charge in [0.05, 0.1) is 0 Å². The summed E-state index contributed by atoms with van der Waals surface area (Å²) in [5.41, 5.74) is 1.21. The molecular weight excluding hydrogens is 246 g/mol. The Balaban J connectivity index is 2.43. The van der Waals surface area contributed by atoms with Gasteiger partial charge in [-0.3, -0.25) is 0 Å². The van der Waals surface area contributed by atoms with E-state index in [0.29, 0.717) is 6.04 Å². The van der Waals surface area contributed by atoms with Crippen molar-refractivity contribution in [3.05, 3.63) is 54.6 Å². The van der Waals surface area contributed by atoms with Crippen molar-refractivity contribution in [1.29, 1.82) is 0 Å². The van der Waals surface area contributed by atoms with Gasteiger partial charge < -0.3 is 10.1 Å². The largest absolute Gasteiger partial charge is 0.486 e. The van der Waals surface area contributed by atoms with Crippen LogP contribution in [0.1, 0.15) is 26.3 Å². The monoisotopic (exact) mass is 269 g/mol. The van der Waals surface area contributed by atoms with Gasteiger partial charge in [-0.25, -0.2) is 0 Å². The van der Waals surface area contributed by atoms with E-state index in [4.69, 9.17) is 4.74 Å². The third kappa shape index (κ3) is 3.40. The average Bonchev–Trinajstić information content (AvgIpc) is 2.45. The lowest BCUT2D eigenvalue weighted by Crippen LogP contribution is -2.22. The van der Waals surface area contributed by atoms with Crippen LogP contribution in [0.25, 0.3) is 10.8 Å². The highest BCUT2D eigenvalue weighted by molar-refractivity contribution is 5.87. The van der Waals surface area contributed by atoms with Gasteiger partial charge in [0, 0.05) is 18.2 Å². The van der Waals surface area contributed by atoms with Gasteiger partial charge >= 0.3 is 0 Å². The molecule has 1 unspecified atom stereocenters. The number of benzene rings is 2. The summed E-state index contributed by atoms with van der Waals surface area (Å²) in [6, 6.07) is 13.0. The van der Waals surface area contributed by atoms with Crippen LogP contribution < -0.4 is 10.1 Å². The van der Waals surface area contributed by atoms with Crippen molar-refractivity contribution in [3.8, 4) is 5.75 Å². The molecule has 2 heteroatoms. The van der Waals surface area contributed by atoms with Crippen molar-refractivity contribution in [1.82, 2.24) is 5.32 Å². The summed E-state index contributed by atoms with van der Waals surface area (Å²) in [5, 5.41) is 5.97. The zero-order valence-corrected chi connectivity index (χ0v) is 12.5. The molecule has 2 nitrogen and oxygen atoms in total. The molecule has 1 N–H and O–H groups in total. The molecule has 0 bridgehead atoms. The lowest BCUT2D eigenvalue weighted by atomic mass is 10.0. The molecule has 0 aliphatic heterocycles. The molecular formula is C18H23NO. The molecule has 0 saturated carbocycles. The van der Waals surface area contributed by atoms with E-state index in [2.05, 4.69) is 62.1 Å². The summed E-state index contributed by atoms with van der Waals surface area (Å²) in [4.78, 5) is 0. The van der Waals surface area contributed by atoms with E-state index in [1.165, 1.54) is 16.3 Å². The number of ether oxygens (including phenoxy) is 1. The number of rotatable bonds is 6. The fourth-order valence-corrected chi connectivity index (χ4v) is 2.16. The van der Waals surface area contributed by atoms with Crippen molar-refractivity contribution >= 4 is 10.8 Å². The quantitative estimate of drug-likeness (QED) is 0.790. The molecule has 0 radical (unpaired) electrons. The number of hydrogen-bond acceptors (Lipinski definition) is 2. The van der Waals surface area contributed by atoms with Gasteiger partial charge in [0.2, 0.25) is 0 Å². The summed E-state index contributed by atoms with van der Waals surface area (Å²) in [6.07, 6.45) is 1.82. The Kier molecular flexibility index (Phi) is 4.80. The third-order valence-electron chi connectivity index (χ3n) is 3.33. The first-order valence-electron chi connectivity index (χ1n) is 7.15. The molecule has 0 saturated heterocycles. The maximum atomic E-state index is 5.98. The van der Waals surface area contributed by atoms with Crippen molar-refractivity contribution < 1.29 is 4.74 Å². The van der Waals surface area contributed by atoms with Gasteiger partial charge in [0.25, 0.3) is 0 Å². The van der Waals surface area contributed by atoms with Crippen LogP contribution in [-0.4, -0.2) is 12.1 Å². The first kappa shape index (κ1) is 14.6. The minimum Gasteiger partial charge on any atom is -0.486 e. The maximum Gasteiger partial charge on any atom is 0.125 e. The smallest absolute Gasteiger partial charge is 0.125 e. The molecule has 0 spiro atoms. The Morgan fingerprint density at radius 2 is 1.90 bits per heavy atom. The minimum atomic E-state index is 0.00830. The molecule has 2 aromatic carbocycles. The fraction of sp³-hybridized carbons (Fsp3) is 0.333. The summed E-state index contributed by atoms with van der Waals surface area (Å²) >= 11 is 0. The van der Waals surface area contributed by atoms with Crippen LogP contribution in [0, 0.1) is 0 Å². The average molecular weight is 269 g/mol. The van der Waals surface area contributed by atoms with Crippen LogP contribution in [0.4, 0.5) is 0 Å². The zero-order valence-electron chi connectivity index (χ0n) is 12.5. The van der Waals surface area contributed by atoms with E-state index in [0.717, 1.165) is 12.3 Å². The summed E-state index contributed by atoms with van der Waals surface area (Å²) < 4.78 is 5.98. The second-order valence-corrected chi connectivity index (χ2v) is 5.36. The summed E-state index contributed by atoms with van der Waals surface area (Å²) in [6.45, 7) is 10.9. The van der Waals surface area contributed by atoms with Gasteiger partial charge in [-0.1, -0.05) is 56.8 Å². The van der Waals surface area contributed by atoms with Gasteiger partial charge in [-0.05, 0) is 23.8 Å². The minimum absolute atomic E-state index is 0.00830. The van der Waals surface area contributed by atoms with Gasteiger partial charge in [0.15, 0.2) is 0 Å². The van der Waals surface area contributed by atoms with E-state index in [-0.39, 0.29) is 6.10 Å². The van der Waals surface area contributed by atoms with Crippen molar-refractivity contribution in [2.24, 2.45) is 0 Å². The third-order valence-corrected chi connectivity index (χ3v) is 3.33. The van der Waals surface area contributed by atoms with Crippen molar-refractivity contribution in [2.45, 2.75) is 39.5 Å². The highest BCUT2D eigenvalue weighted by Crippen LogP contribution is 2.29.